The maximum atomic E-state index is 13.7. The molecule has 0 spiro atoms. The molecular formula is C24H20ClFN3OS3+. The summed E-state index contributed by atoms with van der Waals surface area (Å²) in [4.78, 5) is 16.1. The van der Waals surface area contributed by atoms with E-state index >= 15 is 0 Å². The van der Waals surface area contributed by atoms with Crippen molar-refractivity contribution in [2.45, 2.75) is 24.9 Å². The van der Waals surface area contributed by atoms with Crippen molar-refractivity contribution in [1.29, 1.82) is 0 Å². The Morgan fingerprint density at radius 3 is 2.85 bits per heavy atom. The van der Waals surface area contributed by atoms with Crippen LogP contribution >= 0.6 is 46.0 Å². The van der Waals surface area contributed by atoms with E-state index in [2.05, 4.69) is 16.7 Å². The summed E-state index contributed by atoms with van der Waals surface area (Å²) < 4.78 is 19.2. The van der Waals surface area contributed by atoms with E-state index in [1.165, 1.54) is 35.2 Å². The van der Waals surface area contributed by atoms with E-state index in [0.29, 0.717) is 22.6 Å². The summed E-state index contributed by atoms with van der Waals surface area (Å²) >= 11 is 10.7. The molecule has 0 unspecified atom stereocenters. The number of nitrogens with zero attached hydrogens (tertiary/aromatic N) is 3. The summed E-state index contributed by atoms with van der Waals surface area (Å²) in [6, 6.07) is 12.6. The van der Waals surface area contributed by atoms with Gasteiger partial charge in [0.05, 0.1) is 17.1 Å². The Hall–Kier alpha value is -2.39. The number of halogens is 2. The molecule has 3 heterocycles. The first kappa shape index (κ1) is 22.4. The predicted octanol–water partition coefficient (Wildman–Crippen LogP) is 4.26. The van der Waals surface area contributed by atoms with Gasteiger partial charge in [0.25, 0.3) is 10.6 Å². The fraction of sp³-hybridized carbons (Fsp3) is 0.167. The standard InChI is InChI=1S/C24H20ClFN3OS3/c1-3-29-21(13-20-28(9-10-31-20)14-15-5-4-6-16(25)11-15)33-22(23(29)30)24-27(2)18-8-7-17(26)12-19(18)32-24/h4-13H,3,14H2,1-2H3/q+1/b24-22+. The fourth-order valence-electron chi connectivity index (χ4n) is 3.80. The molecule has 0 saturated carbocycles. The van der Waals surface area contributed by atoms with Crippen LogP contribution in [0.4, 0.5) is 10.1 Å². The Morgan fingerprint density at radius 2 is 2.06 bits per heavy atom. The molecule has 0 saturated heterocycles. The van der Waals surface area contributed by atoms with Crippen LogP contribution in [0.1, 0.15) is 17.5 Å². The van der Waals surface area contributed by atoms with E-state index < -0.39 is 0 Å². The van der Waals surface area contributed by atoms with Crippen LogP contribution in [-0.2, 0) is 13.1 Å². The summed E-state index contributed by atoms with van der Waals surface area (Å²) in [6.07, 6.45) is 4.11. The lowest BCUT2D eigenvalue weighted by Gasteiger charge is -2.12. The van der Waals surface area contributed by atoms with Crippen LogP contribution in [0, 0.1) is 5.82 Å². The number of thiazole rings is 2. The lowest BCUT2D eigenvalue weighted by atomic mass is 10.2. The zero-order valence-electron chi connectivity index (χ0n) is 17.9. The van der Waals surface area contributed by atoms with Crippen LogP contribution in [0.5, 0.6) is 0 Å². The first-order valence-electron chi connectivity index (χ1n) is 10.3. The Balaban J connectivity index is 1.60. The van der Waals surface area contributed by atoms with Crippen LogP contribution in [-0.4, -0.2) is 11.6 Å². The van der Waals surface area contributed by atoms with E-state index in [1.807, 2.05) is 48.6 Å². The van der Waals surface area contributed by atoms with Crippen molar-refractivity contribution in [1.82, 2.24) is 4.57 Å². The molecule has 0 atom stereocenters. The Morgan fingerprint density at radius 1 is 1.21 bits per heavy atom. The molecule has 4 nitrogen and oxygen atoms in total. The third kappa shape index (κ3) is 4.28. The van der Waals surface area contributed by atoms with Gasteiger partial charge in [-0.25, -0.2) is 4.39 Å². The van der Waals surface area contributed by atoms with E-state index in [-0.39, 0.29) is 11.4 Å². The number of hydrogen-bond donors (Lipinski definition) is 0. The van der Waals surface area contributed by atoms with Crippen molar-refractivity contribution in [2.24, 2.45) is 0 Å². The first-order valence-corrected chi connectivity index (χ1v) is 13.2. The fourth-order valence-corrected chi connectivity index (χ4v) is 7.35. The Kier molecular flexibility index (Phi) is 6.18. The second-order valence-corrected chi connectivity index (χ2v) is 11.0. The van der Waals surface area contributed by atoms with Crippen LogP contribution in [0.3, 0.4) is 0 Å². The number of anilines is 1. The summed E-state index contributed by atoms with van der Waals surface area (Å²) in [5, 5.41) is 4.64. The molecule has 9 heteroatoms. The van der Waals surface area contributed by atoms with Gasteiger partial charge in [0, 0.05) is 29.1 Å². The molecule has 2 aromatic heterocycles. The molecule has 1 aliphatic rings. The van der Waals surface area contributed by atoms with Gasteiger partial charge in [-0.15, -0.1) is 11.3 Å². The smallest absolute Gasteiger partial charge is 0.271 e. The second-order valence-electron chi connectivity index (χ2n) is 7.54. The van der Waals surface area contributed by atoms with E-state index in [0.717, 1.165) is 30.8 Å². The van der Waals surface area contributed by atoms with Gasteiger partial charge < -0.3 is 4.90 Å². The number of rotatable bonds is 4. The molecule has 0 radical (unpaired) electrons. The minimum absolute atomic E-state index is 0.0191. The van der Waals surface area contributed by atoms with Gasteiger partial charge in [-0.05, 0) is 37.3 Å². The number of hydrogen-bond acceptors (Lipinski definition) is 5. The highest BCUT2D eigenvalue weighted by atomic mass is 35.5. The van der Waals surface area contributed by atoms with Crippen molar-refractivity contribution in [3.05, 3.63) is 95.0 Å². The van der Waals surface area contributed by atoms with Crippen LogP contribution in [0.25, 0.3) is 11.1 Å². The second kappa shape index (κ2) is 9.10. The third-order valence-electron chi connectivity index (χ3n) is 5.42. The molecule has 4 aromatic rings. The summed E-state index contributed by atoms with van der Waals surface area (Å²) in [5.41, 5.74) is 2.01. The largest absolute Gasteiger partial charge is 0.337 e. The molecule has 0 aliphatic carbocycles. The maximum absolute atomic E-state index is 13.7. The summed E-state index contributed by atoms with van der Waals surface area (Å²) in [6.45, 7) is 3.25. The molecular weight excluding hydrogens is 497 g/mol. The zero-order valence-corrected chi connectivity index (χ0v) is 21.1. The molecule has 1 aliphatic heterocycles. The number of thioether (sulfide) groups is 1. The highest BCUT2D eigenvalue weighted by molar-refractivity contribution is 8.08. The molecule has 0 bridgehead atoms. The Bertz CT molecular complexity index is 1540. The monoisotopic (exact) mass is 516 g/mol. The lowest BCUT2D eigenvalue weighted by Crippen LogP contribution is -2.36. The van der Waals surface area contributed by atoms with Crippen molar-refractivity contribution in [3.63, 3.8) is 0 Å². The average Bonchev–Trinajstić information content (AvgIpc) is 3.44. The quantitative estimate of drug-likeness (QED) is 0.380. The van der Waals surface area contributed by atoms with Gasteiger partial charge in [0.15, 0.2) is 12.7 Å². The van der Waals surface area contributed by atoms with Crippen molar-refractivity contribution in [3.8, 4) is 0 Å². The molecule has 0 amide bonds. The Labute approximate surface area is 207 Å². The third-order valence-corrected chi connectivity index (χ3v) is 8.97. The molecule has 168 valence electrons. The molecule has 2 aromatic carbocycles. The van der Waals surface area contributed by atoms with Crippen molar-refractivity contribution < 1.29 is 8.96 Å². The number of fused-ring (bicyclic) bond motifs is 1. The van der Waals surface area contributed by atoms with Gasteiger partial charge in [-0.1, -0.05) is 46.8 Å². The highest BCUT2D eigenvalue weighted by Gasteiger charge is 2.25. The zero-order chi connectivity index (χ0) is 23.1. The summed E-state index contributed by atoms with van der Waals surface area (Å²) in [7, 11) is 1.92. The molecule has 0 fully saturated rings. The van der Waals surface area contributed by atoms with Gasteiger partial charge in [-0.2, -0.15) is 4.57 Å². The minimum Gasteiger partial charge on any atom is -0.337 e. The van der Waals surface area contributed by atoms with Gasteiger partial charge in [-0.3, -0.25) is 9.36 Å². The van der Waals surface area contributed by atoms with Crippen LogP contribution in [0.15, 0.2) is 63.7 Å². The normalized spacial score (nSPS) is 15.4. The van der Waals surface area contributed by atoms with Gasteiger partial charge in [0.2, 0.25) is 0 Å². The topological polar surface area (TPSA) is 29.1 Å². The number of benzene rings is 2. The lowest BCUT2D eigenvalue weighted by molar-refractivity contribution is -0.685. The van der Waals surface area contributed by atoms with Gasteiger partial charge >= 0.3 is 0 Å². The molecule has 33 heavy (non-hydrogen) atoms. The first-order chi connectivity index (χ1) is 15.9. The van der Waals surface area contributed by atoms with E-state index in [4.69, 9.17) is 11.6 Å². The minimum atomic E-state index is -0.274. The molecule has 0 N–H and O–H groups in total. The van der Waals surface area contributed by atoms with Gasteiger partial charge in [0.1, 0.15) is 20.0 Å². The molecule has 5 rings (SSSR count). The van der Waals surface area contributed by atoms with E-state index in [1.54, 1.807) is 22.0 Å². The van der Waals surface area contributed by atoms with E-state index in [9.17, 15) is 9.18 Å². The predicted molar refractivity (Wildman–Crippen MR) is 136 cm³/mol. The highest BCUT2D eigenvalue weighted by Crippen LogP contribution is 2.45. The van der Waals surface area contributed by atoms with Crippen molar-refractivity contribution >= 4 is 62.8 Å². The average molecular weight is 517 g/mol. The van der Waals surface area contributed by atoms with Crippen LogP contribution in [0.2, 0.25) is 5.02 Å². The SMILES string of the molecule is CCn1c(=O)/c(=C2\Sc3cc(F)ccc3N2C)s/c1=C\c1scc[n+]1Cc1cccc(Cl)c1. The number of aromatic nitrogens is 2. The maximum Gasteiger partial charge on any atom is 0.271 e. The summed E-state index contributed by atoms with van der Waals surface area (Å²) in [5.74, 6) is -0.274. The van der Waals surface area contributed by atoms with Crippen LogP contribution < -0.4 is 24.2 Å². The van der Waals surface area contributed by atoms with Crippen molar-refractivity contribution in [2.75, 3.05) is 11.9 Å².